The van der Waals surface area contributed by atoms with Crippen molar-refractivity contribution < 1.29 is 4.79 Å². The first-order chi connectivity index (χ1) is 5.68. The largest absolute Gasteiger partial charge is 0.351 e. The molecule has 0 spiro atoms. The van der Waals surface area contributed by atoms with Gasteiger partial charge in [-0.05, 0) is 26.2 Å². The van der Waals surface area contributed by atoms with Gasteiger partial charge in [-0.3, -0.25) is 4.79 Å². The van der Waals surface area contributed by atoms with Crippen LogP contribution in [0.3, 0.4) is 0 Å². The number of nitrogens with one attached hydrogen (secondary N) is 1. The van der Waals surface area contributed by atoms with Crippen LogP contribution in [0.4, 0.5) is 0 Å². The third-order valence-electron chi connectivity index (χ3n) is 1.93. The maximum Gasteiger partial charge on any atom is 0.243 e. The predicted molar refractivity (Wildman–Crippen MR) is 48.6 cm³/mol. The molecular formula is C9H16N2O. The van der Waals surface area contributed by atoms with Gasteiger partial charge in [0.05, 0.1) is 0 Å². The molecule has 0 bridgehead atoms. The molecule has 1 unspecified atom stereocenters. The average molecular weight is 168 g/mol. The van der Waals surface area contributed by atoms with Crippen molar-refractivity contribution in [2.45, 2.75) is 32.2 Å². The second-order valence-corrected chi connectivity index (χ2v) is 3.38. The number of rotatable bonds is 3. The van der Waals surface area contributed by atoms with E-state index in [-0.39, 0.29) is 11.9 Å². The Morgan fingerprint density at radius 2 is 2.42 bits per heavy atom. The number of allylic oxidation sites excluding steroid dienone is 1. The fourth-order valence-corrected chi connectivity index (χ4v) is 1.02. The first kappa shape index (κ1) is 9.26. The fourth-order valence-electron chi connectivity index (χ4n) is 1.02. The van der Waals surface area contributed by atoms with Crippen molar-refractivity contribution in [3.63, 3.8) is 0 Å². The Labute approximate surface area is 73.0 Å². The van der Waals surface area contributed by atoms with Gasteiger partial charge in [0.25, 0.3) is 0 Å². The lowest BCUT2D eigenvalue weighted by Gasteiger charge is -2.15. The molecule has 0 aromatic heterocycles. The zero-order chi connectivity index (χ0) is 8.97. The van der Waals surface area contributed by atoms with E-state index in [0.717, 1.165) is 12.8 Å². The van der Waals surface area contributed by atoms with Crippen LogP contribution in [0.2, 0.25) is 0 Å². The molecule has 1 aliphatic rings. The molecule has 3 N–H and O–H groups in total. The van der Waals surface area contributed by atoms with Crippen LogP contribution in [0.25, 0.3) is 0 Å². The van der Waals surface area contributed by atoms with Gasteiger partial charge < -0.3 is 11.1 Å². The van der Waals surface area contributed by atoms with Crippen LogP contribution in [0.5, 0.6) is 0 Å². The van der Waals surface area contributed by atoms with Crippen LogP contribution >= 0.6 is 0 Å². The van der Waals surface area contributed by atoms with Crippen molar-refractivity contribution in [1.29, 1.82) is 0 Å². The number of amides is 1. The number of nitrogens with two attached hydrogens (primary N) is 1. The summed E-state index contributed by atoms with van der Waals surface area (Å²) in [6.07, 6.45) is 5.11. The average Bonchev–Trinajstić information content (AvgIpc) is 1.93. The number of hydrogen-bond donors (Lipinski definition) is 2. The minimum atomic E-state index is 0.00185. The predicted octanol–water partition coefficient (Wildman–Crippen LogP) is 0.560. The highest BCUT2D eigenvalue weighted by molar-refractivity contribution is 5.88. The van der Waals surface area contributed by atoms with Crippen molar-refractivity contribution in [3.8, 4) is 0 Å². The highest BCUT2D eigenvalue weighted by Crippen LogP contribution is 2.24. The van der Waals surface area contributed by atoms with Gasteiger partial charge in [0, 0.05) is 18.7 Å². The molecule has 0 radical (unpaired) electrons. The second-order valence-electron chi connectivity index (χ2n) is 3.38. The lowest BCUT2D eigenvalue weighted by molar-refractivity contribution is -0.116. The van der Waals surface area contributed by atoms with Gasteiger partial charge in [0.15, 0.2) is 0 Å². The summed E-state index contributed by atoms with van der Waals surface area (Å²) in [5, 5.41) is 2.74. The van der Waals surface area contributed by atoms with Crippen LogP contribution in [-0.2, 0) is 4.79 Å². The van der Waals surface area contributed by atoms with E-state index in [0.29, 0.717) is 6.54 Å². The van der Waals surface area contributed by atoms with Crippen molar-refractivity contribution >= 4 is 5.91 Å². The lowest BCUT2D eigenvalue weighted by Crippen LogP contribution is -2.34. The monoisotopic (exact) mass is 168 g/mol. The Bertz CT molecular complexity index is 191. The highest BCUT2D eigenvalue weighted by atomic mass is 16.1. The maximum atomic E-state index is 11.1. The van der Waals surface area contributed by atoms with Crippen LogP contribution < -0.4 is 11.1 Å². The molecule has 0 aromatic rings. The second kappa shape index (κ2) is 4.26. The van der Waals surface area contributed by atoms with Gasteiger partial charge in [-0.2, -0.15) is 0 Å². The molecule has 1 atom stereocenters. The molecular weight excluding hydrogens is 152 g/mol. The van der Waals surface area contributed by atoms with Gasteiger partial charge in [0.2, 0.25) is 5.91 Å². The number of carbonyl (C=O) groups excluding carboxylic acids is 1. The molecule has 12 heavy (non-hydrogen) atoms. The topological polar surface area (TPSA) is 55.1 Å². The zero-order valence-electron chi connectivity index (χ0n) is 7.47. The van der Waals surface area contributed by atoms with Crippen molar-refractivity contribution in [1.82, 2.24) is 5.32 Å². The minimum absolute atomic E-state index is 0.00185. The zero-order valence-corrected chi connectivity index (χ0v) is 7.47. The summed E-state index contributed by atoms with van der Waals surface area (Å²) in [4.78, 5) is 11.1. The summed E-state index contributed by atoms with van der Waals surface area (Å²) in [5.74, 6) is 0.00185. The summed E-state index contributed by atoms with van der Waals surface area (Å²) >= 11 is 0. The van der Waals surface area contributed by atoms with Crippen LogP contribution in [-0.4, -0.2) is 18.5 Å². The molecule has 1 rings (SSSR count). The molecule has 3 nitrogen and oxygen atoms in total. The van der Waals surface area contributed by atoms with E-state index in [9.17, 15) is 4.79 Å². The van der Waals surface area contributed by atoms with E-state index >= 15 is 0 Å². The Morgan fingerprint density at radius 1 is 1.75 bits per heavy atom. The number of carbonyl (C=O) groups is 1. The molecule has 1 aliphatic carbocycles. The van der Waals surface area contributed by atoms with Crippen molar-refractivity contribution in [2.75, 3.05) is 6.54 Å². The Kier molecular flexibility index (Phi) is 3.29. The SMILES string of the molecule is CC(N)CNC(=O)C=C1CCC1. The fraction of sp³-hybridized carbons (Fsp3) is 0.667. The van der Waals surface area contributed by atoms with Crippen LogP contribution in [0, 0.1) is 0 Å². The lowest BCUT2D eigenvalue weighted by atomic mass is 9.92. The molecule has 1 amide bonds. The summed E-state index contributed by atoms with van der Waals surface area (Å²) in [5.41, 5.74) is 6.74. The molecule has 0 saturated heterocycles. The molecule has 0 aromatic carbocycles. The Balaban J connectivity index is 2.19. The summed E-state index contributed by atoms with van der Waals surface area (Å²) in [6, 6.07) is 0.0359. The smallest absolute Gasteiger partial charge is 0.243 e. The van der Waals surface area contributed by atoms with E-state index < -0.39 is 0 Å². The molecule has 1 saturated carbocycles. The van der Waals surface area contributed by atoms with Crippen LogP contribution in [0.15, 0.2) is 11.6 Å². The van der Waals surface area contributed by atoms with E-state index in [1.54, 1.807) is 6.08 Å². The third-order valence-corrected chi connectivity index (χ3v) is 1.93. The molecule has 0 aliphatic heterocycles. The highest BCUT2D eigenvalue weighted by Gasteiger charge is 2.09. The third kappa shape index (κ3) is 3.05. The first-order valence-corrected chi connectivity index (χ1v) is 4.41. The van der Waals surface area contributed by atoms with Gasteiger partial charge in [0.1, 0.15) is 0 Å². The summed E-state index contributed by atoms with van der Waals surface area (Å²) < 4.78 is 0. The van der Waals surface area contributed by atoms with Crippen molar-refractivity contribution in [2.24, 2.45) is 5.73 Å². The van der Waals surface area contributed by atoms with Gasteiger partial charge in [-0.25, -0.2) is 0 Å². The standard InChI is InChI=1S/C9H16N2O/c1-7(10)6-11-9(12)5-8-3-2-4-8/h5,7H,2-4,6,10H2,1H3,(H,11,12). The van der Waals surface area contributed by atoms with E-state index in [4.69, 9.17) is 5.73 Å². The first-order valence-electron chi connectivity index (χ1n) is 4.41. The van der Waals surface area contributed by atoms with E-state index in [1.165, 1.54) is 12.0 Å². The Hall–Kier alpha value is -0.830. The molecule has 0 heterocycles. The van der Waals surface area contributed by atoms with Gasteiger partial charge in [-0.1, -0.05) is 5.57 Å². The molecule has 68 valence electrons. The maximum absolute atomic E-state index is 11.1. The molecule has 1 fully saturated rings. The van der Waals surface area contributed by atoms with E-state index in [1.807, 2.05) is 6.92 Å². The van der Waals surface area contributed by atoms with E-state index in [2.05, 4.69) is 5.32 Å². The van der Waals surface area contributed by atoms with Gasteiger partial charge in [-0.15, -0.1) is 0 Å². The quantitative estimate of drug-likeness (QED) is 0.605. The minimum Gasteiger partial charge on any atom is -0.351 e. The van der Waals surface area contributed by atoms with Crippen LogP contribution in [0.1, 0.15) is 26.2 Å². The number of hydrogen-bond acceptors (Lipinski definition) is 2. The van der Waals surface area contributed by atoms with Crippen molar-refractivity contribution in [3.05, 3.63) is 11.6 Å². The normalized spacial score (nSPS) is 18.0. The summed E-state index contributed by atoms with van der Waals surface area (Å²) in [6.45, 7) is 2.43. The Morgan fingerprint density at radius 3 is 2.83 bits per heavy atom. The summed E-state index contributed by atoms with van der Waals surface area (Å²) in [7, 11) is 0. The molecule has 3 heteroatoms. The van der Waals surface area contributed by atoms with Gasteiger partial charge >= 0.3 is 0 Å².